The maximum absolute atomic E-state index is 13.5. The van der Waals surface area contributed by atoms with Crippen LogP contribution in [0.15, 0.2) is 73.4 Å². The lowest BCUT2D eigenvalue weighted by molar-refractivity contribution is 0.588. The Morgan fingerprint density at radius 2 is 1.83 bits per heavy atom. The second kappa shape index (κ2) is 8.14. The van der Waals surface area contributed by atoms with E-state index in [4.69, 9.17) is 4.98 Å². The van der Waals surface area contributed by atoms with Crippen LogP contribution in [0.1, 0.15) is 30.8 Å². The fourth-order valence-electron chi connectivity index (χ4n) is 4.38. The van der Waals surface area contributed by atoms with Crippen LogP contribution in [-0.2, 0) is 0 Å². The van der Waals surface area contributed by atoms with Crippen molar-refractivity contribution in [2.75, 3.05) is 4.90 Å². The molecule has 0 spiro atoms. The summed E-state index contributed by atoms with van der Waals surface area (Å²) in [6.45, 7) is 2.08. The Balaban J connectivity index is 1.53. The van der Waals surface area contributed by atoms with Gasteiger partial charge in [-0.25, -0.2) is 14.4 Å². The Bertz CT molecular complexity index is 1560. The van der Waals surface area contributed by atoms with E-state index in [9.17, 15) is 9.65 Å². The summed E-state index contributed by atoms with van der Waals surface area (Å²) in [5.74, 6) is 2.17. The topological polar surface area (TPSA) is 101 Å². The number of rotatable bonds is 4. The maximum Gasteiger partial charge on any atom is 0.237 e. The van der Waals surface area contributed by atoms with Gasteiger partial charge < -0.3 is 4.90 Å². The molecule has 5 aromatic rings. The smallest absolute Gasteiger partial charge is 0.237 e. The van der Waals surface area contributed by atoms with Gasteiger partial charge in [0.25, 0.3) is 0 Å². The van der Waals surface area contributed by atoms with Gasteiger partial charge in [0.1, 0.15) is 23.7 Å². The fraction of sp³-hybridized carbons (Fsp3) is 0.120. The van der Waals surface area contributed by atoms with Crippen molar-refractivity contribution in [2.45, 2.75) is 19.4 Å². The number of hydrogen-bond acceptors (Lipinski definition) is 7. The molecule has 1 aliphatic rings. The summed E-state index contributed by atoms with van der Waals surface area (Å²) in [5.41, 5.74) is 2.94. The van der Waals surface area contributed by atoms with E-state index < -0.39 is 0 Å². The molecule has 4 heterocycles. The second-order valence-electron chi connectivity index (χ2n) is 8.02. The van der Waals surface area contributed by atoms with E-state index >= 15 is 0 Å². The highest BCUT2D eigenvalue weighted by molar-refractivity contribution is 5.72. The van der Waals surface area contributed by atoms with Crippen LogP contribution in [0, 0.1) is 17.1 Å². The molecule has 1 unspecified atom stereocenters. The second-order valence-corrected chi connectivity index (χ2v) is 8.02. The molecule has 3 aromatic heterocycles. The molecule has 0 saturated heterocycles. The monoisotopic (exact) mass is 463 g/mol. The lowest BCUT2D eigenvalue weighted by Gasteiger charge is -2.36. The van der Waals surface area contributed by atoms with Gasteiger partial charge in [0, 0.05) is 23.6 Å². The minimum absolute atomic E-state index is 0.125. The molecular formula is C25H18FN9. The lowest BCUT2D eigenvalue weighted by Crippen LogP contribution is -2.32. The molecule has 1 aliphatic heterocycles. The van der Waals surface area contributed by atoms with E-state index in [0.717, 1.165) is 29.2 Å². The third kappa shape index (κ3) is 3.33. The molecule has 0 saturated carbocycles. The molecule has 6 rings (SSSR count). The Morgan fingerprint density at radius 3 is 2.57 bits per heavy atom. The first-order valence-corrected chi connectivity index (χ1v) is 11.0. The third-order valence-electron chi connectivity index (χ3n) is 6.03. The molecule has 0 bridgehead atoms. The molecule has 0 N–H and O–H groups in total. The summed E-state index contributed by atoms with van der Waals surface area (Å²) in [6, 6.07) is 15.5. The van der Waals surface area contributed by atoms with E-state index in [1.807, 2.05) is 16.7 Å². The lowest BCUT2D eigenvalue weighted by atomic mass is 10.1. The van der Waals surface area contributed by atoms with E-state index in [1.165, 1.54) is 12.1 Å². The first kappa shape index (κ1) is 20.7. The van der Waals surface area contributed by atoms with Gasteiger partial charge in [-0.15, -0.1) is 10.2 Å². The van der Waals surface area contributed by atoms with Crippen molar-refractivity contribution in [1.82, 2.24) is 34.3 Å². The number of aromatic nitrogens is 7. The molecule has 1 atom stereocenters. The van der Waals surface area contributed by atoms with Crippen molar-refractivity contribution >= 4 is 11.5 Å². The molecule has 35 heavy (non-hydrogen) atoms. The van der Waals surface area contributed by atoms with Gasteiger partial charge in [-0.05, 0) is 55.0 Å². The quantitative estimate of drug-likeness (QED) is 0.386. The zero-order valence-corrected chi connectivity index (χ0v) is 18.6. The largest absolute Gasteiger partial charge is 0.314 e. The summed E-state index contributed by atoms with van der Waals surface area (Å²) < 4.78 is 17.1. The van der Waals surface area contributed by atoms with E-state index in [1.54, 1.807) is 53.8 Å². The van der Waals surface area contributed by atoms with Crippen LogP contribution >= 0.6 is 0 Å². The van der Waals surface area contributed by atoms with Crippen molar-refractivity contribution in [3.8, 4) is 29.1 Å². The van der Waals surface area contributed by atoms with Gasteiger partial charge in [-0.1, -0.05) is 6.92 Å². The van der Waals surface area contributed by atoms with Gasteiger partial charge in [0.05, 0.1) is 23.9 Å². The summed E-state index contributed by atoms with van der Waals surface area (Å²) >= 11 is 0. The molecule has 9 nitrogen and oxygen atoms in total. The van der Waals surface area contributed by atoms with Crippen LogP contribution in [0.5, 0.6) is 0 Å². The van der Waals surface area contributed by atoms with Crippen LogP contribution in [0.3, 0.4) is 0 Å². The predicted molar refractivity (Wildman–Crippen MR) is 126 cm³/mol. The minimum atomic E-state index is -0.315. The number of benzene rings is 2. The van der Waals surface area contributed by atoms with Crippen molar-refractivity contribution in [1.29, 1.82) is 5.26 Å². The SMILES string of the molecule is CCC1c2nncn2-c2cnc(-n3ccnc3-c3ccc(F)cc3)nc2N1c1ccc(C#N)cc1. The average Bonchev–Trinajstić information content (AvgIpc) is 3.58. The maximum atomic E-state index is 13.5. The molecule has 0 radical (unpaired) electrons. The highest BCUT2D eigenvalue weighted by Crippen LogP contribution is 2.43. The van der Waals surface area contributed by atoms with Crippen LogP contribution in [0.2, 0.25) is 0 Å². The highest BCUT2D eigenvalue weighted by atomic mass is 19.1. The average molecular weight is 463 g/mol. The standard InChI is InChI=1S/C25H18FN9/c1-2-20-24-32-30-15-34(24)21-14-29-25(31-23(21)35(20)19-9-3-16(13-27)4-10-19)33-12-11-28-22(33)17-5-7-18(26)8-6-17/h3-12,14-15,20H,2H2,1H3. The molecule has 0 fully saturated rings. The number of nitrogens with zero attached hydrogens (tertiary/aromatic N) is 9. The molecule has 0 amide bonds. The number of fused-ring (bicyclic) bond motifs is 3. The molecule has 0 aliphatic carbocycles. The van der Waals surface area contributed by atoms with Gasteiger partial charge in [-0.2, -0.15) is 10.2 Å². The van der Waals surface area contributed by atoms with Crippen molar-refractivity contribution < 1.29 is 4.39 Å². The third-order valence-corrected chi connectivity index (χ3v) is 6.03. The zero-order chi connectivity index (χ0) is 23.9. The number of nitriles is 1. The fourth-order valence-corrected chi connectivity index (χ4v) is 4.38. The van der Waals surface area contributed by atoms with Gasteiger partial charge in [-0.3, -0.25) is 9.13 Å². The first-order valence-electron chi connectivity index (χ1n) is 11.0. The number of imidazole rings is 1. The van der Waals surface area contributed by atoms with Crippen LogP contribution < -0.4 is 4.90 Å². The minimum Gasteiger partial charge on any atom is -0.314 e. The molecule has 2 aromatic carbocycles. The Hall–Kier alpha value is -4.91. The summed E-state index contributed by atoms with van der Waals surface area (Å²) in [6.07, 6.45) is 7.59. The highest BCUT2D eigenvalue weighted by Gasteiger charge is 2.35. The van der Waals surface area contributed by atoms with Crippen LogP contribution in [0.25, 0.3) is 23.0 Å². The van der Waals surface area contributed by atoms with Crippen molar-refractivity contribution in [3.05, 3.63) is 90.7 Å². The van der Waals surface area contributed by atoms with E-state index in [0.29, 0.717) is 23.2 Å². The number of hydrogen-bond donors (Lipinski definition) is 0. The zero-order valence-electron chi connectivity index (χ0n) is 18.6. The molecule has 10 heteroatoms. The van der Waals surface area contributed by atoms with Crippen molar-refractivity contribution in [2.24, 2.45) is 0 Å². The van der Waals surface area contributed by atoms with Crippen LogP contribution in [0.4, 0.5) is 15.9 Å². The van der Waals surface area contributed by atoms with Gasteiger partial charge in [0.15, 0.2) is 11.6 Å². The normalized spacial score (nSPS) is 14.3. The summed E-state index contributed by atoms with van der Waals surface area (Å²) in [5, 5.41) is 17.7. The van der Waals surface area contributed by atoms with E-state index in [2.05, 4.69) is 38.1 Å². The predicted octanol–water partition coefficient (Wildman–Crippen LogP) is 4.52. The van der Waals surface area contributed by atoms with Gasteiger partial charge in [0.2, 0.25) is 5.95 Å². The Kier molecular flexibility index (Phi) is 4.81. The molecule has 170 valence electrons. The summed E-state index contributed by atoms with van der Waals surface area (Å²) in [7, 11) is 0. The number of anilines is 2. The summed E-state index contributed by atoms with van der Waals surface area (Å²) in [4.78, 5) is 16.1. The van der Waals surface area contributed by atoms with Crippen LogP contribution in [-0.4, -0.2) is 34.3 Å². The van der Waals surface area contributed by atoms with Crippen molar-refractivity contribution in [3.63, 3.8) is 0 Å². The first-order chi connectivity index (χ1) is 17.2. The van der Waals surface area contributed by atoms with Gasteiger partial charge >= 0.3 is 0 Å². The Labute approximate surface area is 199 Å². The Morgan fingerprint density at radius 1 is 1.03 bits per heavy atom. The van der Waals surface area contributed by atoms with E-state index in [-0.39, 0.29) is 11.9 Å². The number of halogens is 1. The molecular weight excluding hydrogens is 445 g/mol.